The van der Waals surface area contributed by atoms with E-state index in [-0.39, 0.29) is 5.69 Å². The van der Waals surface area contributed by atoms with E-state index >= 15 is 0 Å². The molecule has 1 fully saturated rings. The molecular weight excluding hydrogens is 316 g/mol. The number of hydrogen-bond donors (Lipinski definition) is 0. The van der Waals surface area contributed by atoms with E-state index < -0.39 is 4.92 Å². The topological polar surface area (TPSA) is 81.4 Å². The van der Waals surface area contributed by atoms with Crippen molar-refractivity contribution in [2.75, 3.05) is 18.0 Å². The van der Waals surface area contributed by atoms with Gasteiger partial charge in [0.25, 0.3) is 11.6 Å². The van der Waals surface area contributed by atoms with Crippen LogP contribution in [0.3, 0.4) is 0 Å². The van der Waals surface area contributed by atoms with Crippen molar-refractivity contribution in [2.45, 2.75) is 26.4 Å². The van der Waals surface area contributed by atoms with Crippen LogP contribution in [0.1, 0.15) is 25.3 Å². The van der Waals surface area contributed by atoms with E-state index in [4.69, 9.17) is 4.74 Å². The number of non-ortho nitro benzene ring substituents is 1. The molecule has 0 amide bonds. The second kappa shape index (κ2) is 6.91. The van der Waals surface area contributed by atoms with Crippen LogP contribution >= 0.6 is 11.7 Å². The molecular formula is C15H18N4O3S. The van der Waals surface area contributed by atoms with Crippen LogP contribution in [0.25, 0.3) is 0 Å². The summed E-state index contributed by atoms with van der Waals surface area (Å²) >= 11 is 1.15. The number of aromatic nitrogens is 2. The molecule has 7 nitrogen and oxygen atoms in total. The molecule has 0 spiro atoms. The Hall–Kier alpha value is -2.22. The Balaban J connectivity index is 1.62. The van der Waals surface area contributed by atoms with Gasteiger partial charge in [0.2, 0.25) is 5.82 Å². The number of rotatable bonds is 5. The van der Waals surface area contributed by atoms with Crippen molar-refractivity contribution in [3.63, 3.8) is 0 Å². The summed E-state index contributed by atoms with van der Waals surface area (Å²) in [7, 11) is 0. The molecule has 0 aliphatic carbocycles. The first-order chi connectivity index (χ1) is 11.1. The Bertz CT molecular complexity index is 666. The third-order valence-electron chi connectivity index (χ3n) is 4.05. The van der Waals surface area contributed by atoms with E-state index in [2.05, 4.69) is 20.6 Å². The molecule has 1 saturated heterocycles. The molecule has 122 valence electrons. The number of nitro benzene ring substituents is 1. The zero-order valence-corrected chi connectivity index (χ0v) is 13.7. The van der Waals surface area contributed by atoms with Crippen molar-refractivity contribution < 1.29 is 9.66 Å². The molecule has 2 heterocycles. The Morgan fingerprint density at radius 1 is 1.30 bits per heavy atom. The van der Waals surface area contributed by atoms with Crippen LogP contribution in [0, 0.1) is 16.0 Å². The zero-order chi connectivity index (χ0) is 16.2. The second-order valence-electron chi connectivity index (χ2n) is 5.77. The van der Waals surface area contributed by atoms with Crippen LogP contribution in [-0.2, 0) is 6.61 Å². The average molecular weight is 334 g/mol. The molecule has 0 bridgehead atoms. The monoisotopic (exact) mass is 334 g/mol. The highest BCUT2D eigenvalue weighted by Crippen LogP contribution is 2.30. The Kier molecular flexibility index (Phi) is 4.71. The number of nitro groups is 1. The van der Waals surface area contributed by atoms with Crippen molar-refractivity contribution in [1.29, 1.82) is 0 Å². The average Bonchev–Trinajstić information content (AvgIpc) is 3.02. The standard InChI is InChI=1S/C15H18N4O3S/c1-11-6-8-18(9-7-11)14-15(17-23-16-14)22-10-12-2-4-13(5-3-12)19(20)21/h2-5,11H,6-10H2,1H3. The molecule has 0 radical (unpaired) electrons. The first-order valence-corrected chi connectivity index (χ1v) is 8.30. The maximum absolute atomic E-state index is 10.7. The number of nitrogens with zero attached hydrogens (tertiary/aromatic N) is 4. The van der Waals surface area contributed by atoms with E-state index in [1.54, 1.807) is 12.1 Å². The molecule has 8 heteroatoms. The first kappa shape index (κ1) is 15.7. The van der Waals surface area contributed by atoms with Gasteiger partial charge in [0.05, 0.1) is 16.7 Å². The lowest BCUT2D eigenvalue weighted by molar-refractivity contribution is -0.384. The van der Waals surface area contributed by atoms with Crippen molar-refractivity contribution in [3.8, 4) is 5.88 Å². The summed E-state index contributed by atoms with van der Waals surface area (Å²) in [6, 6.07) is 6.34. The highest BCUT2D eigenvalue weighted by Gasteiger charge is 2.22. The summed E-state index contributed by atoms with van der Waals surface area (Å²) < 4.78 is 14.4. The van der Waals surface area contributed by atoms with Gasteiger partial charge in [-0.2, -0.15) is 4.37 Å². The summed E-state index contributed by atoms with van der Waals surface area (Å²) in [6.45, 7) is 4.53. The minimum Gasteiger partial charge on any atom is -0.470 e. The summed E-state index contributed by atoms with van der Waals surface area (Å²) in [5.41, 5.74) is 0.939. The number of ether oxygens (including phenoxy) is 1. The fraction of sp³-hybridized carbons (Fsp3) is 0.467. The minimum absolute atomic E-state index is 0.0761. The van der Waals surface area contributed by atoms with Gasteiger partial charge in [-0.3, -0.25) is 10.1 Å². The zero-order valence-electron chi connectivity index (χ0n) is 12.8. The van der Waals surface area contributed by atoms with E-state index in [0.29, 0.717) is 12.5 Å². The molecule has 23 heavy (non-hydrogen) atoms. The molecule has 0 unspecified atom stereocenters. The van der Waals surface area contributed by atoms with Crippen LogP contribution in [0.4, 0.5) is 11.5 Å². The molecule has 1 aliphatic rings. The highest BCUT2D eigenvalue weighted by molar-refractivity contribution is 6.99. The number of anilines is 1. The predicted octanol–water partition coefficient (Wildman–Crippen LogP) is 3.26. The van der Waals surface area contributed by atoms with Crippen LogP contribution in [0.5, 0.6) is 5.88 Å². The SMILES string of the molecule is CC1CCN(c2nsnc2OCc2ccc([N+](=O)[O-])cc2)CC1. The molecule has 3 rings (SSSR count). The third-order valence-corrected chi connectivity index (χ3v) is 4.55. The highest BCUT2D eigenvalue weighted by atomic mass is 32.1. The maximum atomic E-state index is 10.7. The lowest BCUT2D eigenvalue weighted by Gasteiger charge is -2.30. The third kappa shape index (κ3) is 3.76. The number of piperidine rings is 1. The smallest absolute Gasteiger partial charge is 0.271 e. The van der Waals surface area contributed by atoms with Crippen LogP contribution in [0.15, 0.2) is 24.3 Å². The lowest BCUT2D eigenvalue weighted by atomic mass is 9.99. The normalized spacial score (nSPS) is 15.6. The van der Waals surface area contributed by atoms with Gasteiger partial charge < -0.3 is 9.64 Å². The Labute approximate surface area is 138 Å². The Morgan fingerprint density at radius 3 is 2.65 bits per heavy atom. The molecule has 1 aromatic carbocycles. The predicted molar refractivity (Wildman–Crippen MR) is 87.9 cm³/mol. The summed E-state index contributed by atoms with van der Waals surface area (Å²) in [6.07, 6.45) is 2.30. The summed E-state index contributed by atoms with van der Waals surface area (Å²) in [5.74, 6) is 2.11. The van der Waals surface area contributed by atoms with Gasteiger partial charge in [0.15, 0.2) is 0 Å². The summed E-state index contributed by atoms with van der Waals surface area (Å²) in [5, 5.41) is 10.7. The van der Waals surface area contributed by atoms with Gasteiger partial charge in [-0.1, -0.05) is 6.92 Å². The first-order valence-electron chi connectivity index (χ1n) is 7.57. The fourth-order valence-corrected chi connectivity index (χ4v) is 3.07. The molecule has 0 saturated carbocycles. The van der Waals surface area contributed by atoms with Crippen molar-refractivity contribution >= 4 is 23.2 Å². The van der Waals surface area contributed by atoms with E-state index in [1.807, 2.05) is 0 Å². The van der Waals surface area contributed by atoms with E-state index in [1.165, 1.54) is 12.1 Å². The second-order valence-corrected chi connectivity index (χ2v) is 6.30. The van der Waals surface area contributed by atoms with Crippen LogP contribution < -0.4 is 9.64 Å². The minimum atomic E-state index is -0.412. The van der Waals surface area contributed by atoms with Gasteiger partial charge >= 0.3 is 0 Å². The molecule has 0 atom stereocenters. The molecule has 1 aliphatic heterocycles. The quantitative estimate of drug-likeness (QED) is 0.616. The van der Waals surface area contributed by atoms with E-state index in [9.17, 15) is 10.1 Å². The van der Waals surface area contributed by atoms with Crippen LogP contribution in [0.2, 0.25) is 0 Å². The van der Waals surface area contributed by atoms with Gasteiger partial charge in [-0.15, -0.1) is 4.37 Å². The van der Waals surface area contributed by atoms with Gasteiger partial charge in [-0.05, 0) is 36.5 Å². The summed E-state index contributed by atoms with van der Waals surface area (Å²) in [4.78, 5) is 12.5. The lowest BCUT2D eigenvalue weighted by Crippen LogP contribution is -2.33. The van der Waals surface area contributed by atoms with Crippen molar-refractivity contribution in [1.82, 2.24) is 8.75 Å². The number of benzene rings is 1. The van der Waals surface area contributed by atoms with Gasteiger partial charge in [-0.25, -0.2) is 0 Å². The fourth-order valence-electron chi connectivity index (χ4n) is 2.55. The largest absolute Gasteiger partial charge is 0.470 e. The Morgan fingerprint density at radius 2 is 2.00 bits per heavy atom. The molecule has 1 aromatic heterocycles. The molecule has 0 N–H and O–H groups in total. The number of hydrogen-bond acceptors (Lipinski definition) is 7. The van der Waals surface area contributed by atoms with Gasteiger partial charge in [0.1, 0.15) is 6.61 Å². The van der Waals surface area contributed by atoms with Crippen molar-refractivity contribution in [2.24, 2.45) is 5.92 Å². The van der Waals surface area contributed by atoms with E-state index in [0.717, 1.165) is 55.0 Å². The van der Waals surface area contributed by atoms with Crippen LogP contribution in [-0.4, -0.2) is 26.8 Å². The van der Waals surface area contributed by atoms with Crippen molar-refractivity contribution in [3.05, 3.63) is 39.9 Å². The maximum Gasteiger partial charge on any atom is 0.271 e. The molecule has 2 aromatic rings. The van der Waals surface area contributed by atoms with Gasteiger partial charge in [0, 0.05) is 25.2 Å².